The minimum Gasteiger partial charge on any atom is -0.475 e. The Hall–Kier alpha value is -4.65. The van der Waals surface area contributed by atoms with Gasteiger partial charge in [0.25, 0.3) is 0 Å². The van der Waals surface area contributed by atoms with E-state index >= 15 is 0 Å². The maximum absolute atomic E-state index is 13.0. The zero-order valence-electron chi connectivity index (χ0n) is 26.6. The quantitative estimate of drug-likeness (QED) is 0.279. The van der Waals surface area contributed by atoms with Gasteiger partial charge in [0, 0.05) is 32.6 Å². The van der Waals surface area contributed by atoms with Gasteiger partial charge >= 0.3 is 11.8 Å². The van der Waals surface area contributed by atoms with Gasteiger partial charge < -0.3 is 24.0 Å². The number of carbonyl (C=O) groups is 3. The molecule has 3 aromatic rings. The van der Waals surface area contributed by atoms with Crippen LogP contribution in [0.4, 0.5) is 10.6 Å². The summed E-state index contributed by atoms with van der Waals surface area (Å²) in [4.78, 5) is 58.3. The molecule has 2 aromatic heterocycles. The Morgan fingerprint density at radius 1 is 1.07 bits per heavy atom. The SMILES string of the molecule is Cn1c(=O)n(C2CCC(=O)NC2=O)c2ccc(C=CCOCCOc3cccc(N4C[C@H]5C[C@@H]4CN5C(=O)OC(C)(C)C)n3)cc21. The van der Waals surface area contributed by atoms with Gasteiger partial charge in [-0.2, -0.15) is 4.98 Å². The second-order valence-corrected chi connectivity index (χ2v) is 12.9. The Bertz CT molecular complexity index is 1740. The van der Waals surface area contributed by atoms with Crippen LogP contribution in [0.15, 0.2) is 47.3 Å². The van der Waals surface area contributed by atoms with E-state index in [1.807, 2.05) is 74.2 Å². The maximum atomic E-state index is 13.0. The van der Waals surface area contributed by atoms with Gasteiger partial charge in [0.2, 0.25) is 17.7 Å². The molecule has 2 bridgehead atoms. The van der Waals surface area contributed by atoms with Crippen molar-refractivity contribution in [2.75, 3.05) is 37.8 Å². The number of piperazine rings is 1. The Morgan fingerprint density at radius 2 is 1.89 bits per heavy atom. The van der Waals surface area contributed by atoms with Gasteiger partial charge in [-0.3, -0.25) is 24.0 Å². The van der Waals surface area contributed by atoms with E-state index in [1.165, 1.54) is 9.13 Å². The number of aryl methyl sites for hydroxylation is 1. The van der Waals surface area contributed by atoms with Crippen LogP contribution in [0.3, 0.4) is 0 Å². The molecule has 1 unspecified atom stereocenters. The molecule has 3 saturated heterocycles. The second-order valence-electron chi connectivity index (χ2n) is 12.9. The average molecular weight is 633 g/mol. The third kappa shape index (κ3) is 6.50. The zero-order valence-corrected chi connectivity index (χ0v) is 26.6. The highest BCUT2D eigenvalue weighted by molar-refractivity contribution is 6.00. The van der Waals surface area contributed by atoms with Crippen molar-refractivity contribution >= 4 is 40.8 Å². The summed E-state index contributed by atoms with van der Waals surface area (Å²) in [6, 6.07) is 10.9. The number of nitrogens with zero attached hydrogens (tertiary/aromatic N) is 5. The van der Waals surface area contributed by atoms with Crippen LogP contribution < -0.4 is 20.6 Å². The molecule has 0 saturated carbocycles. The highest BCUT2D eigenvalue weighted by Crippen LogP contribution is 2.35. The molecule has 46 heavy (non-hydrogen) atoms. The number of imidazole rings is 1. The van der Waals surface area contributed by atoms with E-state index in [0.29, 0.717) is 56.2 Å². The fourth-order valence-corrected chi connectivity index (χ4v) is 6.39. The lowest BCUT2D eigenvalue weighted by Crippen LogP contribution is -2.50. The number of fused-ring (bicyclic) bond motifs is 3. The standard InChI is InChI=1S/C33H40N6O7/c1-33(2,3)46-32(43)38-20-22-18-23(38)19-37(22)27-8-5-9-29(34-27)45-16-15-44-14-6-7-21-10-11-24-26(17-21)36(4)31(42)39(24)25-12-13-28(40)35-30(25)41/h5-11,17,22-23,25H,12-16,18-20H2,1-4H3,(H,35,40,41)/t22-,23-,25?/m1/s1. The van der Waals surface area contributed by atoms with E-state index in [-0.39, 0.29) is 36.2 Å². The van der Waals surface area contributed by atoms with Crippen LogP contribution in [-0.2, 0) is 26.1 Å². The number of nitrogens with one attached hydrogen (secondary N) is 1. The van der Waals surface area contributed by atoms with Crippen LogP contribution in [-0.4, -0.2) is 87.5 Å². The minimum absolute atomic E-state index is 0.111. The molecule has 244 valence electrons. The normalized spacial score (nSPS) is 21.4. The first-order valence-electron chi connectivity index (χ1n) is 15.6. The number of aromatic nitrogens is 3. The third-order valence-electron chi connectivity index (χ3n) is 8.51. The van der Waals surface area contributed by atoms with Crippen molar-refractivity contribution < 1.29 is 28.6 Å². The smallest absolute Gasteiger partial charge is 0.410 e. The van der Waals surface area contributed by atoms with Crippen LogP contribution in [0.2, 0.25) is 0 Å². The zero-order chi connectivity index (χ0) is 32.6. The number of likely N-dealkylation sites (tertiary alicyclic amines) is 1. The van der Waals surface area contributed by atoms with E-state index in [2.05, 4.69) is 15.2 Å². The van der Waals surface area contributed by atoms with E-state index in [4.69, 9.17) is 14.2 Å². The Kier molecular flexibility index (Phi) is 8.60. The number of pyridine rings is 1. The van der Waals surface area contributed by atoms with E-state index in [0.717, 1.165) is 17.8 Å². The first-order chi connectivity index (χ1) is 22.0. The minimum atomic E-state index is -0.712. The molecule has 13 heteroatoms. The van der Waals surface area contributed by atoms with Crippen LogP contribution >= 0.6 is 0 Å². The van der Waals surface area contributed by atoms with Gasteiger partial charge in [-0.05, 0) is 57.4 Å². The topological polar surface area (TPSA) is 137 Å². The molecule has 0 aliphatic carbocycles. The number of ether oxygens (including phenoxy) is 3. The summed E-state index contributed by atoms with van der Waals surface area (Å²) in [5, 5.41) is 2.33. The molecule has 13 nitrogen and oxygen atoms in total. The number of imide groups is 1. The average Bonchev–Trinajstić information content (AvgIpc) is 3.69. The van der Waals surface area contributed by atoms with Gasteiger partial charge in [0.1, 0.15) is 24.1 Å². The van der Waals surface area contributed by atoms with Crippen molar-refractivity contribution in [2.45, 2.75) is 63.8 Å². The van der Waals surface area contributed by atoms with Gasteiger partial charge in [-0.1, -0.05) is 24.3 Å². The summed E-state index contributed by atoms with van der Waals surface area (Å²) in [6.45, 7) is 8.05. The summed E-state index contributed by atoms with van der Waals surface area (Å²) in [6.07, 6.45) is 4.93. The predicted molar refractivity (Wildman–Crippen MR) is 171 cm³/mol. The molecule has 0 radical (unpaired) electrons. The molecule has 3 aliphatic heterocycles. The first kappa shape index (κ1) is 31.3. The lowest BCUT2D eigenvalue weighted by atomic mass is 10.1. The maximum Gasteiger partial charge on any atom is 0.410 e. The fraction of sp³-hybridized carbons (Fsp3) is 0.485. The number of hydrogen-bond donors (Lipinski definition) is 1. The molecule has 0 spiro atoms. The van der Waals surface area contributed by atoms with Crippen molar-refractivity contribution in [2.24, 2.45) is 7.05 Å². The molecule has 3 aliphatic rings. The molecule has 1 aromatic carbocycles. The van der Waals surface area contributed by atoms with Crippen molar-refractivity contribution in [3.05, 3.63) is 58.5 Å². The largest absolute Gasteiger partial charge is 0.475 e. The monoisotopic (exact) mass is 632 g/mol. The fourth-order valence-electron chi connectivity index (χ4n) is 6.39. The molecule has 3 fully saturated rings. The van der Waals surface area contributed by atoms with Gasteiger partial charge in [-0.15, -0.1) is 0 Å². The predicted octanol–water partition coefficient (Wildman–Crippen LogP) is 3.02. The second kappa shape index (κ2) is 12.6. The highest BCUT2D eigenvalue weighted by Gasteiger charge is 2.47. The van der Waals surface area contributed by atoms with Crippen molar-refractivity contribution in [1.82, 2.24) is 24.3 Å². The Balaban J connectivity index is 0.968. The Labute approximate surface area is 266 Å². The summed E-state index contributed by atoms with van der Waals surface area (Å²) in [5.74, 6) is 0.582. The third-order valence-corrected chi connectivity index (χ3v) is 8.51. The number of hydrogen-bond acceptors (Lipinski definition) is 9. The number of carbonyl (C=O) groups excluding carboxylic acids is 3. The number of benzene rings is 1. The first-order valence-corrected chi connectivity index (χ1v) is 15.6. The van der Waals surface area contributed by atoms with Crippen LogP contribution in [0, 0.1) is 0 Å². The van der Waals surface area contributed by atoms with Crippen molar-refractivity contribution in [1.29, 1.82) is 0 Å². The summed E-state index contributed by atoms with van der Waals surface area (Å²) in [7, 11) is 1.67. The molecule has 3 atom stereocenters. The van der Waals surface area contributed by atoms with Crippen LogP contribution in [0.5, 0.6) is 5.88 Å². The van der Waals surface area contributed by atoms with E-state index in [1.54, 1.807) is 7.05 Å². The summed E-state index contributed by atoms with van der Waals surface area (Å²) < 4.78 is 20.1. The van der Waals surface area contributed by atoms with Crippen molar-refractivity contribution in [3.8, 4) is 5.88 Å². The number of amides is 3. The number of anilines is 1. The van der Waals surface area contributed by atoms with Gasteiger partial charge in [0.15, 0.2) is 0 Å². The molecule has 3 amide bonds. The number of piperidine rings is 1. The lowest BCUT2D eigenvalue weighted by molar-refractivity contribution is -0.135. The van der Waals surface area contributed by atoms with E-state index < -0.39 is 17.6 Å². The number of rotatable bonds is 9. The summed E-state index contributed by atoms with van der Waals surface area (Å²) in [5.41, 5.74) is 1.41. The van der Waals surface area contributed by atoms with Crippen LogP contribution in [0.1, 0.15) is 51.6 Å². The molecule has 5 heterocycles. The molecular weight excluding hydrogens is 592 g/mol. The molecule has 1 N–H and O–H groups in total. The molecule has 6 rings (SSSR count). The molecular formula is C33H40N6O7. The van der Waals surface area contributed by atoms with E-state index in [9.17, 15) is 19.2 Å². The van der Waals surface area contributed by atoms with Crippen molar-refractivity contribution in [3.63, 3.8) is 0 Å². The highest BCUT2D eigenvalue weighted by atomic mass is 16.6. The van der Waals surface area contributed by atoms with Gasteiger partial charge in [-0.25, -0.2) is 9.59 Å². The Morgan fingerprint density at radius 3 is 2.63 bits per heavy atom. The summed E-state index contributed by atoms with van der Waals surface area (Å²) >= 11 is 0. The van der Waals surface area contributed by atoms with Crippen LogP contribution in [0.25, 0.3) is 17.1 Å². The lowest BCUT2D eigenvalue weighted by Gasteiger charge is -2.35. The van der Waals surface area contributed by atoms with Gasteiger partial charge in [0.05, 0.1) is 36.3 Å².